The Labute approximate surface area is 238 Å². The van der Waals surface area contributed by atoms with E-state index in [4.69, 9.17) is 14.2 Å². The summed E-state index contributed by atoms with van der Waals surface area (Å²) in [7, 11) is 3.18. The van der Waals surface area contributed by atoms with E-state index in [-0.39, 0.29) is 24.5 Å². The molecule has 2 saturated heterocycles. The molecule has 216 valence electrons. The van der Waals surface area contributed by atoms with E-state index in [1.807, 2.05) is 30.3 Å². The predicted octanol–water partition coefficient (Wildman–Crippen LogP) is 3.27. The fourth-order valence-corrected chi connectivity index (χ4v) is 5.12. The molecule has 2 fully saturated rings. The lowest BCUT2D eigenvalue weighted by Crippen LogP contribution is -2.52. The first-order chi connectivity index (χ1) is 19.9. The molecular formula is C30H34FN5O5. The smallest absolute Gasteiger partial charge is 0.254 e. The molecule has 0 saturated carbocycles. The van der Waals surface area contributed by atoms with Crippen molar-refractivity contribution in [2.75, 3.05) is 65.0 Å². The maximum atomic E-state index is 13.4. The molecule has 0 bridgehead atoms. The summed E-state index contributed by atoms with van der Waals surface area (Å²) in [6, 6.07) is 14.8. The quantitative estimate of drug-likeness (QED) is 0.392. The van der Waals surface area contributed by atoms with Crippen molar-refractivity contribution >= 4 is 17.6 Å². The van der Waals surface area contributed by atoms with Crippen molar-refractivity contribution in [3.63, 3.8) is 0 Å². The van der Waals surface area contributed by atoms with Crippen LogP contribution >= 0.6 is 0 Å². The molecule has 11 heteroatoms. The first kappa shape index (κ1) is 28.3. The number of hydrogen-bond donors (Lipinski definition) is 0. The zero-order chi connectivity index (χ0) is 28.8. The molecule has 2 amide bonds. The lowest BCUT2D eigenvalue weighted by Gasteiger charge is -2.36. The van der Waals surface area contributed by atoms with Crippen LogP contribution in [0, 0.1) is 5.82 Å². The van der Waals surface area contributed by atoms with Gasteiger partial charge in [-0.1, -0.05) is 0 Å². The van der Waals surface area contributed by atoms with Gasteiger partial charge >= 0.3 is 0 Å². The minimum atomic E-state index is -0.415. The molecule has 2 aromatic carbocycles. The number of hydrogen-bond acceptors (Lipinski definition) is 8. The SMILES string of the molecule is COc1ccc(-c2ccc(N3CCN(C(=O)CN(CC4CCCO4)C(=O)c4ccc(F)cc4)CC3)nn2)cc1OC. The fraction of sp³-hybridized carbons (Fsp3) is 0.400. The minimum Gasteiger partial charge on any atom is -0.493 e. The van der Waals surface area contributed by atoms with Crippen molar-refractivity contribution in [3.05, 3.63) is 66.0 Å². The maximum absolute atomic E-state index is 13.4. The fourth-order valence-electron chi connectivity index (χ4n) is 5.12. The highest BCUT2D eigenvalue weighted by atomic mass is 19.1. The van der Waals surface area contributed by atoms with Crippen molar-refractivity contribution in [1.82, 2.24) is 20.0 Å². The Bertz CT molecular complexity index is 1340. The Hall–Kier alpha value is -4.25. The van der Waals surface area contributed by atoms with Crippen LogP contribution in [-0.4, -0.2) is 98.0 Å². The molecule has 0 N–H and O–H groups in total. The first-order valence-electron chi connectivity index (χ1n) is 13.7. The lowest BCUT2D eigenvalue weighted by atomic mass is 10.1. The largest absolute Gasteiger partial charge is 0.493 e. The summed E-state index contributed by atoms with van der Waals surface area (Å²) in [5, 5.41) is 8.83. The van der Waals surface area contributed by atoms with Crippen molar-refractivity contribution in [3.8, 4) is 22.8 Å². The number of piperazine rings is 1. The maximum Gasteiger partial charge on any atom is 0.254 e. The predicted molar refractivity (Wildman–Crippen MR) is 151 cm³/mol. The van der Waals surface area contributed by atoms with Gasteiger partial charge in [0.25, 0.3) is 5.91 Å². The molecular weight excluding hydrogens is 529 g/mol. The summed E-state index contributed by atoms with van der Waals surface area (Å²) in [4.78, 5) is 31.9. The number of ether oxygens (including phenoxy) is 3. The summed E-state index contributed by atoms with van der Waals surface area (Å²) in [5.74, 6) is 1.13. The number of benzene rings is 2. The van der Waals surface area contributed by atoms with Gasteiger partial charge in [0.1, 0.15) is 12.4 Å². The van der Waals surface area contributed by atoms with E-state index < -0.39 is 5.82 Å². The third-order valence-electron chi connectivity index (χ3n) is 7.44. The molecule has 3 heterocycles. The van der Waals surface area contributed by atoms with Crippen molar-refractivity contribution in [2.24, 2.45) is 0 Å². The number of carbonyl (C=O) groups excluding carboxylic acids is 2. The lowest BCUT2D eigenvalue weighted by molar-refractivity contribution is -0.132. The van der Waals surface area contributed by atoms with Gasteiger partial charge in [0, 0.05) is 50.5 Å². The van der Waals surface area contributed by atoms with Crippen LogP contribution in [0.5, 0.6) is 11.5 Å². The minimum absolute atomic E-state index is 0.0596. The van der Waals surface area contributed by atoms with Gasteiger partial charge in [-0.3, -0.25) is 9.59 Å². The summed E-state index contributed by atoms with van der Waals surface area (Å²) >= 11 is 0. The van der Waals surface area contributed by atoms with E-state index in [0.717, 1.165) is 24.2 Å². The molecule has 1 aromatic heterocycles. The Balaban J connectivity index is 1.19. The molecule has 2 aliphatic heterocycles. The Kier molecular flexibility index (Phi) is 8.93. The van der Waals surface area contributed by atoms with Crippen LogP contribution in [0.25, 0.3) is 11.3 Å². The number of rotatable bonds is 9. The standard InChI is InChI=1S/C30H34FN5O5/c1-39-26-11-7-22(18-27(26)40-2)25-10-12-28(33-32-25)34-13-15-35(16-14-34)29(37)20-36(19-24-4-3-17-41-24)30(38)21-5-8-23(31)9-6-21/h5-12,18,24H,3-4,13-17,19-20H2,1-2H3. The first-order valence-corrected chi connectivity index (χ1v) is 13.7. The molecule has 41 heavy (non-hydrogen) atoms. The average Bonchev–Trinajstić information content (AvgIpc) is 3.54. The number of amides is 2. The third kappa shape index (κ3) is 6.74. The van der Waals surface area contributed by atoms with Gasteiger partial charge in [0.2, 0.25) is 5.91 Å². The van der Waals surface area contributed by atoms with Crippen LogP contribution in [0.1, 0.15) is 23.2 Å². The zero-order valence-electron chi connectivity index (χ0n) is 23.3. The van der Waals surface area contributed by atoms with Crippen molar-refractivity contribution < 1.29 is 28.2 Å². The number of nitrogens with zero attached hydrogens (tertiary/aromatic N) is 5. The van der Waals surface area contributed by atoms with Crippen LogP contribution in [-0.2, 0) is 9.53 Å². The van der Waals surface area contributed by atoms with Gasteiger partial charge in [-0.15, -0.1) is 10.2 Å². The van der Waals surface area contributed by atoms with Crippen LogP contribution in [0.2, 0.25) is 0 Å². The number of carbonyl (C=O) groups is 2. The van der Waals surface area contributed by atoms with Crippen LogP contribution in [0.3, 0.4) is 0 Å². The average molecular weight is 564 g/mol. The molecule has 5 rings (SSSR count). The Morgan fingerprint density at radius 1 is 0.976 bits per heavy atom. The molecule has 0 radical (unpaired) electrons. The molecule has 10 nitrogen and oxygen atoms in total. The van der Waals surface area contributed by atoms with E-state index in [9.17, 15) is 14.0 Å². The number of halogens is 1. The van der Waals surface area contributed by atoms with Crippen molar-refractivity contribution in [1.29, 1.82) is 0 Å². The molecule has 1 unspecified atom stereocenters. The highest BCUT2D eigenvalue weighted by Crippen LogP contribution is 2.31. The van der Waals surface area contributed by atoms with Gasteiger partial charge in [0.15, 0.2) is 17.3 Å². The second kappa shape index (κ2) is 12.9. The van der Waals surface area contributed by atoms with E-state index >= 15 is 0 Å². The van der Waals surface area contributed by atoms with E-state index in [2.05, 4.69) is 15.1 Å². The monoisotopic (exact) mass is 563 g/mol. The van der Waals surface area contributed by atoms with Crippen LogP contribution < -0.4 is 14.4 Å². The summed E-state index contributed by atoms with van der Waals surface area (Å²) in [5.41, 5.74) is 1.91. The van der Waals surface area contributed by atoms with Gasteiger partial charge in [-0.2, -0.15) is 0 Å². The normalized spacial score (nSPS) is 16.9. The molecule has 0 spiro atoms. The van der Waals surface area contributed by atoms with Gasteiger partial charge in [0.05, 0.1) is 26.0 Å². The number of aromatic nitrogens is 2. The highest BCUT2D eigenvalue weighted by Gasteiger charge is 2.29. The Morgan fingerprint density at radius 2 is 1.73 bits per heavy atom. The topological polar surface area (TPSA) is 97.3 Å². The third-order valence-corrected chi connectivity index (χ3v) is 7.44. The van der Waals surface area contributed by atoms with Crippen LogP contribution in [0.4, 0.5) is 10.2 Å². The number of anilines is 1. The van der Waals surface area contributed by atoms with E-state index in [1.54, 1.807) is 19.1 Å². The molecule has 0 aliphatic carbocycles. The summed E-state index contributed by atoms with van der Waals surface area (Å²) < 4.78 is 29.8. The molecule has 1 atom stereocenters. The second-order valence-corrected chi connectivity index (χ2v) is 10.0. The summed E-state index contributed by atoms with van der Waals surface area (Å²) in [6.45, 7) is 3.09. The second-order valence-electron chi connectivity index (χ2n) is 10.0. The molecule has 2 aliphatic rings. The zero-order valence-corrected chi connectivity index (χ0v) is 23.3. The van der Waals surface area contributed by atoms with E-state index in [1.165, 1.54) is 29.2 Å². The van der Waals surface area contributed by atoms with Gasteiger partial charge < -0.3 is 28.9 Å². The van der Waals surface area contributed by atoms with Gasteiger partial charge in [-0.25, -0.2) is 4.39 Å². The molecule has 3 aromatic rings. The summed E-state index contributed by atoms with van der Waals surface area (Å²) in [6.07, 6.45) is 1.66. The highest BCUT2D eigenvalue weighted by molar-refractivity contribution is 5.96. The Morgan fingerprint density at radius 3 is 2.37 bits per heavy atom. The van der Waals surface area contributed by atoms with Crippen LogP contribution in [0.15, 0.2) is 54.6 Å². The van der Waals surface area contributed by atoms with E-state index in [0.29, 0.717) is 62.1 Å². The van der Waals surface area contributed by atoms with Crippen molar-refractivity contribution in [2.45, 2.75) is 18.9 Å². The van der Waals surface area contributed by atoms with Gasteiger partial charge in [-0.05, 0) is 67.4 Å². The number of methoxy groups -OCH3 is 2.